The molecule has 0 saturated heterocycles. The van der Waals surface area contributed by atoms with Crippen LogP contribution in [0.5, 0.6) is 0 Å². The van der Waals surface area contributed by atoms with Gasteiger partial charge in [-0.15, -0.1) is 0 Å². The fourth-order valence-corrected chi connectivity index (χ4v) is 2.73. The van der Waals surface area contributed by atoms with Crippen LogP contribution in [-0.2, 0) is 6.42 Å². The van der Waals surface area contributed by atoms with E-state index in [1.165, 1.54) is 11.3 Å². The molecule has 2 heterocycles. The van der Waals surface area contributed by atoms with Crippen molar-refractivity contribution in [1.82, 2.24) is 9.97 Å². The highest BCUT2D eigenvalue weighted by Gasteiger charge is 2.20. The molecule has 2 aromatic carbocycles. The quantitative estimate of drug-likeness (QED) is 0.727. The van der Waals surface area contributed by atoms with Gasteiger partial charge in [0.2, 0.25) is 0 Å². The Labute approximate surface area is 117 Å². The Morgan fingerprint density at radius 2 is 1.80 bits per heavy atom. The summed E-state index contributed by atoms with van der Waals surface area (Å²) in [6, 6.07) is 16.6. The number of hydrogen-bond acceptors (Lipinski definition) is 3. The number of hydrogen-bond donors (Lipinski definition) is 1. The first-order valence-corrected chi connectivity index (χ1v) is 6.89. The monoisotopic (exact) mass is 260 g/mol. The topological polar surface area (TPSA) is 37.8 Å². The Balaban J connectivity index is 1.70. The van der Waals surface area contributed by atoms with Gasteiger partial charge in [-0.25, -0.2) is 9.97 Å². The fraction of sp³-hybridized carbons (Fsp3) is 0.176. The third-order valence-corrected chi connectivity index (χ3v) is 3.79. The fourth-order valence-electron chi connectivity index (χ4n) is 2.73. The first-order valence-electron chi connectivity index (χ1n) is 6.89. The molecule has 3 nitrogen and oxygen atoms in total. The van der Waals surface area contributed by atoms with Gasteiger partial charge in [0, 0.05) is 5.69 Å². The first kappa shape index (κ1) is 11.4. The van der Waals surface area contributed by atoms with E-state index in [1.807, 2.05) is 24.3 Å². The summed E-state index contributed by atoms with van der Waals surface area (Å²) in [5.74, 6) is 0. The molecule has 1 atom stereocenters. The van der Waals surface area contributed by atoms with Gasteiger partial charge in [0.1, 0.15) is 6.20 Å². The first-order chi connectivity index (χ1) is 9.90. The van der Waals surface area contributed by atoms with Crippen molar-refractivity contribution in [2.24, 2.45) is 0 Å². The molecule has 1 aromatic heterocycles. The lowest BCUT2D eigenvalue weighted by molar-refractivity contribution is 0.649. The summed E-state index contributed by atoms with van der Waals surface area (Å²) in [6.45, 7) is 0. The molecule has 1 N–H and O–H groups in total. The molecule has 0 spiro atoms. The summed E-state index contributed by atoms with van der Waals surface area (Å²) >= 11 is 0. The summed E-state index contributed by atoms with van der Waals surface area (Å²) in [6.07, 6.45) is 5.18. The normalized spacial score (nSPS) is 17.5. The van der Waals surface area contributed by atoms with Crippen LogP contribution in [0.25, 0.3) is 11.0 Å². The molecule has 1 aliphatic heterocycles. The summed E-state index contributed by atoms with van der Waals surface area (Å²) in [7, 11) is 0. The summed E-state index contributed by atoms with van der Waals surface area (Å²) in [4.78, 5) is 9.08. The van der Waals surface area contributed by atoms with Crippen molar-refractivity contribution < 1.29 is 0 Å². The van der Waals surface area contributed by atoms with Gasteiger partial charge in [-0.1, -0.05) is 30.3 Å². The van der Waals surface area contributed by atoms with Crippen molar-refractivity contribution >= 4 is 16.7 Å². The minimum absolute atomic E-state index is 0.196. The lowest BCUT2D eigenvalue weighted by Gasteiger charge is -2.26. The van der Waals surface area contributed by atoms with Crippen molar-refractivity contribution in [3.8, 4) is 0 Å². The van der Waals surface area contributed by atoms with Gasteiger partial charge in [0.15, 0.2) is 0 Å². The van der Waals surface area contributed by atoms with E-state index in [0.717, 1.165) is 29.6 Å². The van der Waals surface area contributed by atoms with Crippen LogP contribution >= 0.6 is 0 Å². The zero-order chi connectivity index (χ0) is 13.4. The second kappa shape index (κ2) is 4.60. The Hall–Kier alpha value is -2.42. The van der Waals surface area contributed by atoms with Gasteiger partial charge >= 0.3 is 0 Å². The Morgan fingerprint density at radius 3 is 2.75 bits per heavy atom. The van der Waals surface area contributed by atoms with Crippen LogP contribution in [0.1, 0.15) is 23.7 Å². The van der Waals surface area contributed by atoms with Crippen LogP contribution in [0.2, 0.25) is 0 Å². The van der Waals surface area contributed by atoms with Gasteiger partial charge in [0.05, 0.1) is 22.8 Å². The molecular formula is C17H14N3. The van der Waals surface area contributed by atoms with Crippen LogP contribution in [0.4, 0.5) is 5.69 Å². The third kappa shape index (κ3) is 1.92. The maximum atomic E-state index is 4.69. The van der Waals surface area contributed by atoms with E-state index in [9.17, 15) is 0 Å². The maximum Gasteiger partial charge on any atom is 0.115 e. The van der Waals surface area contributed by atoms with Crippen LogP contribution in [-0.4, -0.2) is 9.97 Å². The van der Waals surface area contributed by atoms with E-state index in [1.54, 1.807) is 0 Å². The number of aromatic nitrogens is 2. The van der Waals surface area contributed by atoms with Crippen LogP contribution in [0.15, 0.2) is 48.5 Å². The van der Waals surface area contributed by atoms with Crippen LogP contribution in [0, 0.1) is 6.20 Å². The molecule has 1 radical (unpaired) electrons. The molecule has 97 valence electrons. The Morgan fingerprint density at radius 1 is 1.00 bits per heavy atom. The van der Waals surface area contributed by atoms with Gasteiger partial charge in [-0.05, 0) is 36.6 Å². The van der Waals surface area contributed by atoms with E-state index in [-0.39, 0.29) is 6.04 Å². The van der Waals surface area contributed by atoms with E-state index >= 15 is 0 Å². The van der Waals surface area contributed by atoms with Gasteiger partial charge < -0.3 is 5.32 Å². The van der Waals surface area contributed by atoms with E-state index in [2.05, 4.69) is 40.8 Å². The lowest BCUT2D eigenvalue weighted by atomic mass is 9.96. The van der Waals surface area contributed by atoms with E-state index in [4.69, 9.17) is 4.98 Å². The van der Waals surface area contributed by atoms with Crippen molar-refractivity contribution in [2.75, 3.05) is 5.32 Å². The van der Waals surface area contributed by atoms with Gasteiger partial charge in [0.25, 0.3) is 0 Å². The number of nitrogens with zero attached hydrogens (tertiary/aromatic N) is 2. The molecule has 0 aliphatic carbocycles. The molecule has 0 bridgehead atoms. The largest absolute Gasteiger partial charge is 0.376 e. The minimum Gasteiger partial charge on any atom is -0.376 e. The average Bonchev–Trinajstić information content (AvgIpc) is 2.54. The predicted molar refractivity (Wildman–Crippen MR) is 79.5 cm³/mol. The maximum absolute atomic E-state index is 4.69. The number of para-hydroxylation sites is 3. The third-order valence-electron chi connectivity index (χ3n) is 3.79. The lowest BCUT2D eigenvalue weighted by Crippen LogP contribution is -2.19. The Kier molecular flexibility index (Phi) is 2.62. The van der Waals surface area contributed by atoms with E-state index in [0.29, 0.717) is 0 Å². The number of nitrogens with one attached hydrogen (secondary N) is 1. The highest BCUT2D eigenvalue weighted by atomic mass is 15.0. The molecular weight excluding hydrogens is 246 g/mol. The molecule has 3 aromatic rings. The van der Waals surface area contributed by atoms with Crippen molar-refractivity contribution in [3.63, 3.8) is 0 Å². The van der Waals surface area contributed by atoms with Gasteiger partial charge in [-0.2, -0.15) is 0 Å². The highest BCUT2D eigenvalue weighted by molar-refractivity contribution is 5.73. The minimum atomic E-state index is 0.196. The molecule has 0 saturated carbocycles. The molecule has 1 unspecified atom stereocenters. The summed E-state index contributed by atoms with van der Waals surface area (Å²) in [5, 5.41) is 3.54. The van der Waals surface area contributed by atoms with Crippen LogP contribution < -0.4 is 5.32 Å². The number of rotatable bonds is 1. The molecule has 0 amide bonds. The molecule has 20 heavy (non-hydrogen) atoms. The van der Waals surface area contributed by atoms with E-state index < -0.39 is 0 Å². The second-order valence-corrected chi connectivity index (χ2v) is 5.10. The Bertz CT molecular complexity index is 767. The zero-order valence-corrected chi connectivity index (χ0v) is 11.0. The van der Waals surface area contributed by atoms with Crippen molar-refractivity contribution in [1.29, 1.82) is 0 Å². The second-order valence-electron chi connectivity index (χ2n) is 5.10. The predicted octanol–water partition coefficient (Wildman–Crippen LogP) is 3.53. The number of benzene rings is 2. The SMILES string of the molecule is [c]1nc2ccccc2nc1C1CCc2ccccc2N1. The highest BCUT2D eigenvalue weighted by Crippen LogP contribution is 2.31. The summed E-state index contributed by atoms with van der Waals surface area (Å²) < 4.78 is 0. The smallest absolute Gasteiger partial charge is 0.115 e. The number of fused-ring (bicyclic) bond motifs is 2. The standard InChI is InChI=1S/C17H14N3/c1-2-6-13-12(5-1)9-10-16(19-13)17-11-18-14-7-3-4-8-15(14)20-17/h1-8,16,19H,9-10H2. The molecule has 4 rings (SSSR count). The van der Waals surface area contributed by atoms with Crippen molar-refractivity contribution in [2.45, 2.75) is 18.9 Å². The van der Waals surface area contributed by atoms with Gasteiger partial charge in [-0.3, -0.25) is 0 Å². The molecule has 1 aliphatic rings. The summed E-state index contributed by atoms with van der Waals surface area (Å²) in [5.41, 5.74) is 5.30. The van der Waals surface area contributed by atoms with Crippen LogP contribution in [0.3, 0.4) is 0 Å². The average molecular weight is 260 g/mol. The molecule has 0 fully saturated rings. The van der Waals surface area contributed by atoms with Crippen molar-refractivity contribution in [3.05, 3.63) is 66.0 Å². The number of anilines is 1. The number of aryl methyl sites for hydroxylation is 1. The zero-order valence-electron chi connectivity index (χ0n) is 11.0. The molecule has 3 heteroatoms.